The predicted octanol–water partition coefficient (Wildman–Crippen LogP) is 1.24. The number of esters is 1. The molecule has 0 radical (unpaired) electrons. The summed E-state index contributed by atoms with van der Waals surface area (Å²) in [7, 11) is 1.22. The Kier molecular flexibility index (Phi) is 4.25. The molecule has 0 bridgehead atoms. The van der Waals surface area contributed by atoms with Gasteiger partial charge in [0.15, 0.2) is 0 Å². The fourth-order valence-electron chi connectivity index (χ4n) is 1.49. The van der Waals surface area contributed by atoms with E-state index in [4.69, 9.17) is 0 Å². The van der Waals surface area contributed by atoms with Gasteiger partial charge < -0.3 is 9.29 Å². The molecule has 0 saturated carbocycles. The molecule has 1 rings (SSSR count). The zero-order chi connectivity index (χ0) is 13.1. The lowest BCUT2D eigenvalue weighted by molar-refractivity contribution is -0.145. The first-order chi connectivity index (χ1) is 7.91. The van der Waals surface area contributed by atoms with E-state index in [1.54, 1.807) is 30.3 Å². The summed E-state index contributed by atoms with van der Waals surface area (Å²) in [6, 6.07) is 8.38. The van der Waals surface area contributed by atoms with Crippen LogP contribution in [0.15, 0.2) is 30.3 Å². The molecule has 0 aliphatic carbocycles. The van der Waals surface area contributed by atoms with E-state index in [1.165, 1.54) is 21.0 Å². The van der Waals surface area contributed by atoms with Gasteiger partial charge in [-0.05, 0) is 26.0 Å². The van der Waals surface area contributed by atoms with Crippen molar-refractivity contribution in [3.63, 3.8) is 0 Å². The largest absolute Gasteiger partial charge is 0.755 e. The zero-order valence-corrected chi connectivity index (χ0v) is 10.7. The number of nitrogens with zero attached hydrogens (tertiary/aromatic N) is 1. The molecule has 1 aromatic carbocycles. The quantitative estimate of drug-likeness (QED) is 0.600. The zero-order valence-electron chi connectivity index (χ0n) is 9.88. The number of hydrogen-bond acceptors (Lipinski definition) is 4. The molecule has 6 heteroatoms. The maximum Gasteiger partial charge on any atom is 0.332 e. The maximum absolute atomic E-state index is 11.6. The Morgan fingerprint density at radius 1 is 1.35 bits per heavy atom. The van der Waals surface area contributed by atoms with Crippen molar-refractivity contribution in [2.45, 2.75) is 19.4 Å². The highest BCUT2D eigenvalue weighted by Gasteiger charge is 2.37. The number of methoxy groups -OCH3 is 1. The van der Waals surface area contributed by atoms with Gasteiger partial charge in [0.25, 0.3) is 0 Å². The highest BCUT2D eigenvalue weighted by molar-refractivity contribution is 7.80. The third-order valence-corrected chi connectivity index (χ3v) is 3.30. The fraction of sp³-hybridized carbons (Fsp3) is 0.364. The van der Waals surface area contributed by atoms with E-state index in [9.17, 15) is 13.6 Å². The Bertz CT molecular complexity index is 419. The van der Waals surface area contributed by atoms with Crippen LogP contribution in [0.5, 0.6) is 0 Å². The van der Waals surface area contributed by atoms with Crippen LogP contribution in [0.4, 0.5) is 5.69 Å². The molecule has 94 valence electrons. The summed E-state index contributed by atoms with van der Waals surface area (Å²) in [5, 5.41) is 0. The van der Waals surface area contributed by atoms with Crippen molar-refractivity contribution < 1.29 is 18.3 Å². The smallest absolute Gasteiger partial charge is 0.332 e. The van der Waals surface area contributed by atoms with Gasteiger partial charge in [-0.1, -0.05) is 18.2 Å². The van der Waals surface area contributed by atoms with E-state index in [0.29, 0.717) is 5.69 Å². The number of hydrogen-bond donors (Lipinski definition) is 0. The lowest BCUT2D eigenvalue weighted by Crippen LogP contribution is -2.51. The van der Waals surface area contributed by atoms with Gasteiger partial charge in [0.2, 0.25) is 0 Å². The van der Waals surface area contributed by atoms with Gasteiger partial charge in [0.1, 0.15) is 5.54 Å². The number of rotatable bonds is 4. The molecular formula is C11H14NO4S-. The van der Waals surface area contributed by atoms with Crippen LogP contribution in [0.25, 0.3) is 0 Å². The van der Waals surface area contributed by atoms with Crippen molar-refractivity contribution in [3.8, 4) is 0 Å². The van der Waals surface area contributed by atoms with E-state index >= 15 is 0 Å². The van der Waals surface area contributed by atoms with Crippen molar-refractivity contribution in [3.05, 3.63) is 30.3 Å². The van der Waals surface area contributed by atoms with Crippen LogP contribution >= 0.6 is 0 Å². The number of anilines is 1. The molecule has 0 amide bonds. The van der Waals surface area contributed by atoms with Crippen LogP contribution in [0, 0.1) is 0 Å². The standard InChI is InChI=1S/C11H15NO4S/c1-11(2,10(13)16-3)12(17(14)15)9-7-5-4-6-8-9/h4-8H,1-3H3,(H,14,15)/p-1. The molecule has 0 aliphatic rings. The van der Waals surface area contributed by atoms with Gasteiger partial charge in [0, 0.05) is 17.0 Å². The molecule has 5 nitrogen and oxygen atoms in total. The van der Waals surface area contributed by atoms with Gasteiger partial charge in [0.05, 0.1) is 7.11 Å². The van der Waals surface area contributed by atoms with E-state index in [1.807, 2.05) is 0 Å². The molecular weight excluding hydrogens is 242 g/mol. The van der Waals surface area contributed by atoms with E-state index in [0.717, 1.165) is 4.31 Å². The lowest BCUT2D eigenvalue weighted by Gasteiger charge is -2.38. The Hall–Kier alpha value is -1.40. The van der Waals surface area contributed by atoms with E-state index in [-0.39, 0.29) is 0 Å². The van der Waals surface area contributed by atoms with Crippen molar-refractivity contribution in [2.24, 2.45) is 0 Å². The minimum Gasteiger partial charge on any atom is -0.755 e. The Balaban J connectivity index is 3.19. The molecule has 0 N–H and O–H groups in total. The molecule has 0 spiro atoms. The van der Waals surface area contributed by atoms with Gasteiger partial charge in [-0.15, -0.1) is 0 Å². The van der Waals surface area contributed by atoms with Crippen LogP contribution in [-0.4, -0.2) is 27.4 Å². The lowest BCUT2D eigenvalue weighted by atomic mass is 10.1. The summed E-state index contributed by atoms with van der Waals surface area (Å²) in [6.07, 6.45) is 0. The molecule has 1 atom stereocenters. The highest BCUT2D eigenvalue weighted by Crippen LogP contribution is 2.26. The van der Waals surface area contributed by atoms with Crippen LogP contribution in [-0.2, 0) is 20.8 Å². The molecule has 0 aliphatic heterocycles. The summed E-state index contributed by atoms with van der Waals surface area (Å²) in [4.78, 5) is 11.6. The van der Waals surface area contributed by atoms with Gasteiger partial charge >= 0.3 is 5.97 Å². The van der Waals surface area contributed by atoms with E-state index < -0.39 is 22.8 Å². The Morgan fingerprint density at radius 3 is 2.29 bits per heavy atom. The SMILES string of the molecule is COC(=O)C(C)(C)N(c1ccccc1)S(=O)[O-]. The van der Waals surface area contributed by atoms with Crippen molar-refractivity contribution in [1.82, 2.24) is 0 Å². The average Bonchev–Trinajstić information content (AvgIpc) is 2.28. The summed E-state index contributed by atoms with van der Waals surface area (Å²) in [6.45, 7) is 2.98. The summed E-state index contributed by atoms with van der Waals surface area (Å²) in [5.41, 5.74) is -0.876. The average molecular weight is 256 g/mol. The Morgan fingerprint density at radius 2 is 1.88 bits per heavy atom. The Labute approximate surface area is 103 Å². The van der Waals surface area contributed by atoms with Crippen LogP contribution in [0.2, 0.25) is 0 Å². The fourth-order valence-corrected chi connectivity index (χ4v) is 2.23. The second-order valence-electron chi connectivity index (χ2n) is 3.90. The number of ether oxygens (including phenoxy) is 1. The molecule has 0 saturated heterocycles. The number of para-hydroxylation sites is 1. The minimum absolute atomic E-state index is 0.413. The summed E-state index contributed by atoms with van der Waals surface area (Å²) in [5.74, 6) is -0.620. The monoisotopic (exact) mass is 256 g/mol. The predicted molar refractivity (Wildman–Crippen MR) is 63.9 cm³/mol. The first kappa shape index (κ1) is 13.7. The third-order valence-electron chi connectivity index (χ3n) is 2.33. The first-order valence-corrected chi connectivity index (χ1v) is 5.97. The molecule has 1 aromatic rings. The second-order valence-corrected chi connectivity index (χ2v) is 4.70. The number of carbonyl (C=O) groups is 1. The third kappa shape index (κ3) is 2.83. The van der Waals surface area contributed by atoms with E-state index in [2.05, 4.69) is 4.74 Å². The maximum atomic E-state index is 11.6. The molecule has 0 aromatic heterocycles. The molecule has 17 heavy (non-hydrogen) atoms. The molecule has 0 heterocycles. The van der Waals surface area contributed by atoms with Crippen molar-refractivity contribution in [2.75, 3.05) is 11.4 Å². The number of benzene rings is 1. The minimum atomic E-state index is -2.56. The second kappa shape index (κ2) is 5.29. The summed E-state index contributed by atoms with van der Waals surface area (Å²) >= 11 is -2.56. The summed E-state index contributed by atoms with van der Waals surface area (Å²) < 4.78 is 28.2. The normalized spacial score (nSPS) is 12.9. The van der Waals surface area contributed by atoms with Gasteiger partial charge in [-0.2, -0.15) is 0 Å². The van der Waals surface area contributed by atoms with Crippen LogP contribution < -0.4 is 4.31 Å². The number of carbonyl (C=O) groups excluding carboxylic acids is 1. The van der Waals surface area contributed by atoms with Gasteiger partial charge in [-0.3, -0.25) is 8.51 Å². The van der Waals surface area contributed by atoms with Crippen molar-refractivity contribution >= 4 is 22.9 Å². The highest BCUT2D eigenvalue weighted by atomic mass is 32.2. The van der Waals surface area contributed by atoms with Crippen LogP contribution in [0.3, 0.4) is 0 Å². The molecule has 0 fully saturated rings. The molecule has 1 unspecified atom stereocenters. The first-order valence-electron chi connectivity index (χ1n) is 4.94. The van der Waals surface area contributed by atoms with Gasteiger partial charge in [-0.25, -0.2) is 4.79 Å². The van der Waals surface area contributed by atoms with Crippen molar-refractivity contribution in [1.29, 1.82) is 0 Å². The van der Waals surface area contributed by atoms with Crippen LogP contribution in [0.1, 0.15) is 13.8 Å². The topological polar surface area (TPSA) is 69.7 Å².